The van der Waals surface area contributed by atoms with E-state index in [1.165, 1.54) is 0 Å². The van der Waals surface area contributed by atoms with E-state index in [9.17, 15) is 0 Å². The fourth-order valence-corrected chi connectivity index (χ4v) is 4.93. The van der Waals surface area contributed by atoms with Gasteiger partial charge in [0.2, 0.25) is 0 Å². The molecule has 2 aromatic heterocycles. The molecule has 1 fully saturated rings. The van der Waals surface area contributed by atoms with Crippen LogP contribution in [0.2, 0.25) is 0 Å². The molecule has 2 atom stereocenters. The Balaban J connectivity index is 1.61. The summed E-state index contributed by atoms with van der Waals surface area (Å²) in [6.45, 7) is 14.2. The van der Waals surface area contributed by atoms with Crippen molar-refractivity contribution in [1.29, 1.82) is 0 Å². The van der Waals surface area contributed by atoms with Crippen LogP contribution in [-0.2, 0) is 4.74 Å². The number of aromatic nitrogens is 4. The Morgan fingerprint density at radius 1 is 1.14 bits per heavy atom. The predicted molar refractivity (Wildman–Crippen MR) is 137 cm³/mol. The highest BCUT2D eigenvalue weighted by molar-refractivity contribution is 5.95. The first-order valence-corrected chi connectivity index (χ1v) is 12.1. The Morgan fingerprint density at radius 2 is 2.00 bits per heavy atom. The van der Waals surface area contributed by atoms with Crippen molar-refractivity contribution in [3.8, 4) is 22.8 Å². The Labute approximate surface area is 210 Å². The van der Waals surface area contributed by atoms with Gasteiger partial charge in [-0.3, -0.25) is 0 Å². The molecule has 4 aromatic rings. The van der Waals surface area contributed by atoms with E-state index in [2.05, 4.69) is 15.0 Å². The molecule has 1 saturated heterocycles. The molecule has 0 aliphatic carbocycles. The smallest absolute Gasteiger partial charge is 0.191 e. The maximum atomic E-state index is 7.52. The van der Waals surface area contributed by atoms with Gasteiger partial charge < -0.3 is 14.2 Å². The maximum Gasteiger partial charge on any atom is 0.191 e. The maximum absolute atomic E-state index is 7.52. The molecular weight excluding hydrogens is 454 g/mol. The molecule has 1 aliphatic heterocycles. The monoisotopic (exact) mass is 483 g/mol. The average molecular weight is 484 g/mol. The van der Waals surface area contributed by atoms with E-state index in [4.69, 9.17) is 25.9 Å². The molecule has 2 aromatic carbocycles. The van der Waals surface area contributed by atoms with Gasteiger partial charge in [-0.15, -0.1) is 0 Å². The molecule has 184 valence electrons. The standard InChI is InChI=1S/C28H29N5O3/c1-17-16-30-31-18(2)27(17)19(3)36-22-9-10-25-24(15-22)28(32-33(25)26-8-6-7-11-35-26)20-12-21(29-4)14-23(13-20)34-5/h9-10,12-16,19,26H,6-8,11H2,1-3,5H3/t19-,26?/m1/s1. The molecule has 0 bridgehead atoms. The Hall–Kier alpha value is -3.96. The summed E-state index contributed by atoms with van der Waals surface area (Å²) in [5.74, 6) is 1.34. The van der Waals surface area contributed by atoms with Gasteiger partial charge in [-0.2, -0.15) is 15.3 Å². The third-order valence-corrected chi connectivity index (χ3v) is 6.63. The fraction of sp³-hybridized carbons (Fsp3) is 0.357. The molecule has 0 radical (unpaired) electrons. The van der Waals surface area contributed by atoms with Crippen LogP contribution < -0.4 is 9.47 Å². The minimum Gasteiger partial charge on any atom is -0.498 e. The summed E-state index contributed by atoms with van der Waals surface area (Å²) in [6, 6.07) is 11.5. The van der Waals surface area contributed by atoms with E-state index in [0.717, 1.165) is 70.6 Å². The summed E-state index contributed by atoms with van der Waals surface area (Å²) in [5.41, 5.74) is 5.97. The molecule has 8 heteroatoms. The largest absolute Gasteiger partial charge is 0.498 e. The minimum absolute atomic E-state index is 0.125. The predicted octanol–water partition coefficient (Wildman–Crippen LogP) is 6.51. The molecule has 0 saturated carbocycles. The number of benzene rings is 2. The third kappa shape index (κ3) is 4.50. The lowest BCUT2D eigenvalue weighted by atomic mass is 10.0. The molecule has 3 heterocycles. The van der Waals surface area contributed by atoms with Crippen LogP contribution in [0.3, 0.4) is 0 Å². The van der Waals surface area contributed by atoms with Crippen LogP contribution in [0.25, 0.3) is 27.0 Å². The summed E-state index contributed by atoms with van der Waals surface area (Å²) in [4.78, 5) is 3.62. The van der Waals surface area contributed by atoms with Crippen LogP contribution in [0, 0.1) is 20.4 Å². The molecule has 36 heavy (non-hydrogen) atoms. The van der Waals surface area contributed by atoms with Crippen molar-refractivity contribution in [3.63, 3.8) is 0 Å². The molecule has 8 nitrogen and oxygen atoms in total. The zero-order valence-corrected chi connectivity index (χ0v) is 21.0. The van der Waals surface area contributed by atoms with Crippen molar-refractivity contribution in [2.45, 2.75) is 52.4 Å². The van der Waals surface area contributed by atoms with Crippen molar-refractivity contribution in [3.05, 3.63) is 70.8 Å². The number of methoxy groups -OCH3 is 1. The van der Waals surface area contributed by atoms with Crippen LogP contribution in [-0.4, -0.2) is 33.7 Å². The van der Waals surface area contributed by atoms with Gasteiger partial charge in [-0.1, -0.05) is 0 Å². The lowest BCUT2D eigenvalue weighted by molar-refractivity contribution is -0.0365. The number of hydrogen-bond acceptors (Lipinski definition) is 6. The number of ether oxygens (including phenoxy) is 3. The van der Waals surface area contributed by atoms with Crippen molar-refractivity contribution in [2.75, 3.05) is 13.7 Å². The highest BCUT2D eigenvalue weighted by Crippen LogP contribution is 2.38. The van der Waals surface area contributed by atoms with Gasteiger partial charge in [-0.05, 0) is 87.6 Å². The van der Waals surface area contributed by atoms with Gasteiger partial charge in [0.15, 0.2) is 11.9 Å². The first-order chi connectivity index (χ1) is 17.5. The van der Waals surface area contributed by atoms with Gasteiger partial charge in [0.1, 0.15) is 17.6 Å². The van der Waals surface area contributed by atoms with Crippen LogP contribution >= 0.6 is 0 Å². The van der Waals surface area contributed by atoms with E-state index in [0.29, 0.717) is 11.4 Å². The van der Waals surface area contributed by atoms with Gasteiger partial charge in [0.25, 0.3) is 0 Å². The SMILES string of the molecule is [C-]#[N+]c1cc(OC)cc(-c2nn(C3CCCCO3)c3ccc(O[C@H](C)c4c(C)cnnc4C)cc23)c1. The topological polar surface area (TPSA) is 75.7 Å². The second kappa shape index (κ2) is 9.96. The number of aryl methyl sites for hydroxylation is 2. The molecule has 1 aliphatic rings. The summed E-state index contributed by atoms with van der Waals surface area (Å²) >= 11 is 0. The van der Waals surface area contributed by atoms with Gasteiger partial charge in [-0.25, -0.2) is 9.53 Å². The van der Waals surface area contributed by atoms with Crippen LogP contribution in [0.5, 0.6) is 11.5 Å². The van der Waals surface area contributed by atoms with Gasteiger partial charge >= 0.3 is 0 Å². The number of hydrogen-bond donors (Lipinski definition) is 0. The van der Waals surface area contributed by atoms with Crippen molar-refractivity contribution in [1.82, 2.24) is 20.0 Å². The number of rotatable bonds is 6. The summed E-state index contributed by atoms with van der Waals surface area (Å²) < 4.78 is 19.9. The summed E-state index contributed by atoms with van der Waals surface area (Å²) in [7, 11) is 1.60. The van der Waals surface area contributed by atoms with Crippen LogP contribution in [0.1, 0.15) is 55.3 Å². The second-order valence-electron chi connectivity index (χ2n) is 9.11. The van der Waals surface area contributed by atoms with Crippen molar-refractivity contribution in [2.24, 2.45) is 0 Å². The molecule has 1 unspecified atom stereocenters. The first kappa shape index (κ1) is 23.8. The second-order valence-corrected chi connectivity index (χ2v) is 9.11. The van der Waals surface area contributed by atoms with E-state index in [1.54, 1.807) is 19.4 Å². The third-order valence-electron chi connectivity index (χ3n) is 6.63. The Kier molecular flexibility index (Phi) is 6.57. The molecule has 0 spiro atoms. The van der Waals surface area contributed by atoms with Gasteiger partial charge in [0.05, 0.1) is 36.8 Å². The number of nitrogens with zero attached hydrogens (tertiary/aromatic N) is 5. The molecule has 0 N–H and O–H groups in total. The number of fused-ring (bicyclic) bond motifs is 1. The lowest BCUT2D eigenvalue weighted by Gasteiger charge is -2.23. The quantitative estimate of drug-likeness (QED) is 0.291. The Morgan fingerprint density at radius 3 is 2.72 bits per heavy atom. The molecule has 0 amide bonds. The van der Waals surface area contributed by atoms with Gasteiger partial charge in [0, 0.05) is 17.6 Å². The van der Waals surface area contributed by atoms with E-state index in [1.807, 2.05) is 55.8 Å². The zero-order valence-electron chi connectivity index (χ0n) is 21.0. The highest BCUT2D eigenvalue weighted by Gasteiger charge is 2.23. The average Bonchev–Trinajstić information content (AvgIpc) is 3.27. The highest BCUT2D eigenvalue weighted by atomic mass is 16.5. The van der Waals surface area contributed by atoms with E-state index < -0.39 is 0 Å². The van der Waals surface area contributed by atoms with E-state index in [-0.39, 0.29) is 12.3 Å². The minimum atomic E-state index is -0.205. The normalized spacial score (nSPS) is 16.5. The van der Waals surface area contributed by atoms with Crippen molar-refractivity contribution >= 4 is 16.6 Å². The van der Waals surface area contributed by atoms with Crippen molar-refractivity contribution < 1.29 is 14.2 Å². The summed E-state index contributed by atoms with van der Waals surface area (Å²) in [6.07, 6.45) is 4.49. The first-order valence-electron chi connectivity index (χ1n) is 12.1. The fourth-order valence-electron chi connectivity index (χ4n) is 4.93. The summed E-state index contributed by atoms with van der Waals surface area (Å²) in [5, 5.41) is 14.2. The van der Waals surface area contributed by atoms with Crippen LogP contribution in [0.4, 0.5) is 5.69 Å². The molecule has 5 rings (SSSR count). The van der Waals surface area contributed by atoms with Crippen LogP contribution in [0.15, 0.2) is 42.6 Å². The van der Waals surface area contributed by atoms with E-state index >= 15 is 0 Å². The lowest BCUT2D eigenvalue weighted by Crippen LogP contribution is -2.19. The molecular formula is C28H29N5O3. The Bertz CT molecular complexity index is 1430. The zero-order chi connectivity index (χ0) is 25.2.